The van der Waals surface area contributed by atoms with E-state index in [1.54, 1.807) is 0 Å². The number of nitrogens with zero attached hydrogens (tertiary/aromatic N) is 4. The van der Waals surface area contributed by atoms with Gasteiger partial charge in [-0.3, -0.25) is 9.67 Å². The number of aliphatic imine (C=N–C) groups is 1. The number of nitrogens with two attached hydrogens (primary N) is 1. The maximum absolute atomic E-state index is 5.96. The van der Waals surface area contributed by atoms with Gasteiger partial charge in [-0.1, -0.05) is 26.8 Å². The fraction of sp³-hybridized carbons (Fsp3) is 0.571. The zero-order chi connectivity index (χ0) is 14.2. The summed E-state index contributed by atoms with van der Waals surface area (Å²) in [4.78, 5) is 6.44. The summed E-state index contributed by atoms with van der Waals surface area (Å²) < 4.78 is 1.87. The summed E-state index contributed by atoms with van der Waals surface area (Å²) in [5.41, 5.74) is 8.29. The highest BCUT2D eigenvalue weighted by molar-refractivity contribution is 5.80. The van der Waals surface area contributed by atoms with E-state index in [0.717, 1.165) is 5.69 Å². The van der Waals surface area contributed by atoms with Crippen LogP contribution in [0.4, 0.5) is 0 Å². The highest BCUT2D eigenvalue weighted by Gasteiger charge is 2.33. The molecule has 19 heavy (non-hydrogen) atoms. The van der Waals surface area contributed by atoms with Crippen LogP contribution in [0.5, 0.6) is 0 Å². The number of hydrogen-bond acceptors (Lipinski definition) is 4. The van der Waals surface area contributed by atoms with Crippen LogP contribution in [0.2, 0.25) is 0 Å². The number of aryl methyl sites for hydroxylation is 1. The molecule has 0 saturated carbocycles. The van der Waals surface area contributed by atoms with Crippen LogP contribution in [0.25, 0.3) is 0 Å². The molecule has 0 spiro atoms. The van der Waals surface area contributed by atoms with Gasteiger partial charge in [-0.2, -0.15) is 5.10 Å². The zero-order valence-corrected chi connectivity index (χ0v) is 12.2. The van der Waals surface area contributed by atoms with Crippen molar-refractivity contribution in [2.45, 2.75) is 32.2 Å². The first kappa shape index (κ1) is 13.6. The molecule has 2 rings (SSSR count). The van der Waals surface area contributed by atoms with Gasteiger partial charge in [-0.25, -0.2) is 0 Å². The fourth-order valence-electron chi connectivity index (χ4n) is 2.49. The number of aromatic nitrogens is 2. The molecule has 5 heteroatoms. The van der Waals surface area contributed by atoms with Crippen molar-refractivity contribution in [1.82, 2.24) is 14.7 Å². The van der Waals surface area contributed by atoms with Crippen molar-refractivity contribution >= 4 is 5.96 Å². The molecule has 0 saturated heterocycles. The molecule has 1 aromatic rings. The summed E-state index contributed by atoms with van der Waals surface area (Å²) in [6, 6.07) is 0.168. The van der Waals surface area contributed by atoms with Gasteiger partial charge < -0.3 is 10.6 Å². The van der Waals surface area contributed by atoms with E-state index in [9.17, 15) is 0 Å². The van der Waals surface area contributed by atoms with E-state index in [-0.39, 0.29) is 11.5 Å². The first-order chi connectivity index (χ1) is 8.84. The normalized spacial score (nSPS) is 19.7. The molecule has 0 bridgehead atoms. The zero-order valence-electron chi connectivity index (χ0n) is 12.2. The quantitative estimate of drug-likeness (QED) is 0.840. The Morgan fingerprint density at radius 1 is 1.53 bits per heavy atom. The summed E-state index contributed by atoms with van der Waals surface area (Å²) in [7, 11) is 1.95. The average molecular weight is 261 g/mol. The van der Waals surface area contributed by atoms with Crippen molar-refractivity contribution in [1.29, 1.82) is 0 Å². The molecule has 0 aromatic carbocycles. The Morgan fingerprint density at radius 3 is 2.79 bits per heavy atom. The first-order valence-electron chi connectivity index (χ1n) is 6.56. The van der Waals surface area contributed by atoms with Crippen molar-refractivity contribution in [2.24, 2.45) is 17.8 Å². The Morgan fingerprint density at radius 2 is 2.21 bits per heavy atom. The SMILES string of the molecule is C=CCN1C(N)=NCC1c1cn(C)nc1C(C)(C)C. The molecule has 1 aromatic heterocycles. The summed E-state index contributed by atoms with van der Waals surface area (Å²) >= 11 is 0. The molecular weight excluding hydrogens is 238 g/mol. The molecule has 1 atom stereocenters. The van der Waals surface area contributed by atoms with Gasteiger partial charge in [-0.05, 0) is 0 Å². The first-order valence-corrected chi connectivity index (χ1v) is 6.56. The molecule has 2 heterocycles. The van der Waals surface area contributed by atoms with Gasteiger partial charge in [0.1, 0.15) is 0 Å². The Balaban J connectivity index is 2.40. The minimum Gasteiger partial charge on any atom is -0.370 e. The monoisotopic (exact) mass is 261 g/mol. The third-order valence-electron chi connectivity index (χ3n) is 3.35. The molecular formula is C14H23N5. The Labute approximate surface area is 114 Å². The molecule has 1 aliphatic rings. The van der Waals surface area contributed by atoms with E-state index < -0.39 is 0 Å². The number of hydrogen-bond donors (Lipinski definition) is 1. The average Bonchev–Trinajstić information content (AvgIpc) is 2.84. The van der Waals surface area contributed by atoms with Crippen LogP contribution in [-0.4, -0.2) is 33.7 Å². The van der Waals surface area contributed by atoms with Gasteiger partial charge in [0, 0.05) is 30.8 Å². The standard InChI is InChI=1S/C14H23N5/c1-6-7-19-11(8-16-13(19)15)10-9-18(5)17-12(10)14(2,3)4/h6,9,11H,1,7-8H2,2-5H3,(H2,15,16). The number of guanidine groups is 1. The fourth-order valence-corrected chi connectivity index (χ4v) is 2.49. The lowest BCUT2D eigenvalue weighted by Crippen LogP contribution is -2.36. The molecule has 1 unspecified atom stereocenters. The minimum absolute atomic E-state index is 0.00773. The van der Waals surface area contributed by atoms with Gasteiger partial charge in [0.25, 0.3) is 0 Å². The third-order valence-corrected chi connectivity index (χ3v) is 3.35. The Bertz CT molecular complexity index is 506. The summed E-state index contributed by atoms with van der Waals surface area (Å²) in [5, 5.41) is 4.62. The highest BCUT2D eigenvalue weighted by Crippen LogP contribution is 2.33. The van der Waals surface area contributed by atoms with Gasteiger partial charge in [0.05, 0.1) is 18.3 Å². The van der Waals surface area contributed by atoms with Crippen LogP contribution in [0.3, 0.4) is 0 Å². The van der Waals surface area contributed by atoms with Gasteiger partial charge >= 0.3 is 0 Å². The summed E-state index contributed by atoms with van der Waals surface area (Å²) in [6.07, 6.45) is 3.93. The highest BCUT2D eigenvalue weighted by atomic mass is 15.3. The van der Waals surface area contributed by atoms with Crippen LogP contribution < -0.4 is 5.73 Å². The second-order valence-corrected chi connectivity index (χ2v) is 6.01. The molecule has 0 radical (unpaired) electrons. The van der Waals surface area contributed by atoms with Crippen LogP contribution in [0.15, 0.2) is 23.8 Å². The lowest BCUT2D eigenvalue weighted by molar-refractivity contribution is 0.373. The van der Waals surface area contributed by atoms with E-state index in [4.69, 9.17) is 5.73 Å². The van der Waals surface area contributed by atoms with Crippen LogP contribution in [0, 0.1) is 0 Å². The Hall–Kier alpha value is -1.78. The molecule has 0 amide bonds. The second kappa shape index (κ2) is 4.72. The topological polar surface area (TPSA) is 59.4 Å². The van der Waals surface area contributed by atoms with Crippen molar-refractivity contribution < 1.29 is 0 Å². The predicted octanol–water partition coefficient (Wildman–Crippen LogP) is 1.57. The van der Waals surface area contributed by atoms with E-state index in [2.05, 4.69) is 48.5 Å². The molecule has 0 aliphatic carbocycles. The summed E-state index contributed by atoms with van der Waals surface area (Å²) in [5.74, 6) is 0.591. The lowest BCUT2D eigenvalue weighted by atomic mass is 9.87. The molecule has 5 nitrogen and oxygen atoms in total. The summed E-state index contributed by atoms with van der Waals surface area (Å²) in [6.45, 7) is 11.7. The maximum atomic E-state index is 5.96. The van der Waals surface area contributed by atoms with Crippen LogP contribution in [0.1, 0.15) is 38.1 Å². The van der Waals surface area contributed by atoms with Crippen molar-refractivity contribution in [3.05, 3.63) is 30.1 Å². The largest absolute Gasteiger partial charge is 0.370 e. The van der Waals surface area contributed by atoms with Crippen LogP contribution >= 0.6 is 0 Å². The molecule has 0 fully saturated rings. The van der Waals surface area contributed by atoms with Gasteiger partial charge in [-0.15, -0.1) is 6.58 Å². The van der Waals surface area contributed by atoms with Crippen molar-refractivity contribution in [3.63, 3.8) is 0 Å². The van der Waals surface area contributed by atoms with E-state index in [1.165, 1.54) is 5.56 Å². The van der Waals surface area contributed by atoms with Crippen molar-refractivity contribution in [3.8, 4) is 0 Å². The van der Waals surface area contributed by atoms with Gasteiger partial charge in [0.15, 0.2) is 5.96 Å². The van der Waals surface area contributed by atoms with Crippen LogP contribution in [-0.2, 0) is 12.5 Å². The minimum atomic E-state index is 0.00773. The van der Waals surface area contributed by atoms with Crippen molar-refractivity contribution in [2.75, 3.05) is 13.1 Å². The van der Waals surface area contributed by atoms with E-state index in [0.29, 0.717) is 19.0 Å². The predicted molar refractivity (Wildman–Crippen MR) is 78.0 cm³/mol. The molecule has 104 valence electrons. The Kier molecular flexibility index (Phi) is 3.39. The van der Waals surface area contributed by atoms with E-state index >= 15 is 0 Å². The number of rotatable bonds is 3. The molecule has 2 N–H and O–H groups in total. The maximum Gasteiger partial charge on any atom is 0.192 e. The van der Waals surface area contributed by atoms with E-state index in [1.807, 2.05) is 17.8 Å². The third kappa shape index (κ3) is 2.50. The molecule has 1 aliphatic heterocycles. The lowest BCUT2D eigenvalue weighted by Gasteiger charge is -2.27. The smallest absolute Gasteiger partial charge is 0.192 e. The second-order valence-electron chi connectivity index (χ2n) is 6.01. The van der Waals surface area contributed by atoms with Gasteiger partial charge in [0.2, 0.25) is 0 Å².